The number of nitrogens with two attached hydrogens (primary N) is 1. The average Bonchev–Trinajstić information content (AvgIpc) is 2.65. The molecule has 1 atom stereocenters. The minimum absolute atomic E-state index is 0.124. The number of aromatic nitrogens is 1. The first-order chi connectivity index (χ1) is 7.47. The Morgan fingerprint density at radius 3 is 2.75 bits per heavy atom. The topological polar surface area (TPSA) is 50.9 Å². The zero-order chi connectivity index (χ0) is 12.2. The summed E-state index contributed by atoms with van der Waals surface area (Å²) in [6.07, 6.45) is 3.60. The van der Waals surface area contributed by atoms with Crippen molar-refractivity contribution in [3.8, 4) is 0 Å². The summed E-state index contributed by atoms with van der Waals surface area (Å²) in [4.78, 5) is 4.64. The van der Waals surface area contributed by atoms with Crippen molar-refractivity contribution < 1.29 is 0 Å². The van der Waals surface area contributed by atoms with Crippen LogP contribution >= 0.6 is 11.3 Å². The maximum absolute atomic E-state index is 5.48. The molecule has 16 heavy (non-hydrogen) atoms. The van der Waals surface area contributed by atoms with Gasteiger partial charge in [-0.15, -0.1) is 17.9 Å². The Balaban J connectivity index is 2.67. The van der Waals surface area contributed by atoms with E-state index in [1.807, 2.05) is 6.08 Å². The molecule has 0 radical (unpaired) electrons. The van der Waals surface area contributed by atoms with E-state index < -0.39 is 0 Å². The van der Waals surface area contributed by atoms with E-state index in [2.05, 4.69) is 43.1 Å². The number of hydrogen-bond donors (Lipinski definition) is 2. The van der Waals surface area contributed by atoms with Crippen molar-refractivity contribution in [2.24, 2.45) is 5.84 Å². The molecule has 0 aliphatic carbocycles. The standard InChI is InChI=1S/C12H21N3S/c1-5-6-9(15-13)7-11-14-10(8-16-11)12(2,3)4/h5,8-9,15H,1,6-7,13H2,2-4H3. The predicted molar refractivity (Wildman–Crippen MR) is 70.4 cm³/mol. The molecule has 0 fully saturated rings. The second kappa shape index (κ2) is 5.57. The third kappa shape index (κ3) is 3.70. The van der Waals surface area contributed by atoms with Crippen molar-refractivity contribution in [1.29, 1.82) is 0 Å². The van der Waals surface area contributed by atoms with Crippen LogP contribution in [0.3, 0.4) is 0 Å². The minimum Gasteiger partial charge on any atom is -0.271 e. The Hall–Kier alpha value is -0.710. The zero-order valence-corrected chi connectivity index (χ0v) is 11.1. The van der Waals surface area contributed by atoms with Crippen LogP contribution in [0.25, 0.3) is 0 Å². The van der Waals surface area contributed by atoms with Crippen molar-refractivity contribution in [3.63, 3.8) is 0 Å². The Morgan fingerprint density at radius 2 is 2.31 bits per heavy atom. The molecule has 4 heteroatoms. The van der Waals surface area contributed by atoms with Gasteiger partial charge in [-0.05, 0) is 6.42 Å². The van der Waals surface area contributed by atoms with Crippen LogP contribution in [-0.4, -0.2) is 11.0 Å². The third-order valence-corrected chi connectivity index (χ3v) is 3.30. The van der Waals surface area contributed by atoms with E-state index in [1.54, 1.807) is 11.3 Å². The summed E-state index contributed by atoms with van der Waals surface area (Å²) in [6.45, 7) is 10.2. The van der Waals surface area contributed by atoms with E-state index in [9.17, 15) is 0 Å². The molecule has 1 unspecified atom stereocenters. The summed E-state index contributed by atoms with van der Waals surface area (Å²) in [5.74, 6) is 5.48. The quantitative estimate of drug-likeness (QED) is 0.471. The van der Waals surface area contributed by atoms with Gasteiger partial charge in [-0.3, -0.25) is 11.3 Å². The van der Waals surface area contributed by atoms with Gasteiger partial charge in [-0.1, -0.05) is 26.8 Å². The first kappa shape index (κ1) is 13.4. The van der Waals surface area contributed by atoms with E-state index in [4.69, 9.17) is 5.84 Å². The van der Waals surface area contributed by atoms with E-state index in [0.29, 0.717) is 0 Å². The number of hydrogen-bond acceptors (Lipinski definition) is 4. The number of hydrazine groups is 1. The van der Waals surface area contributed by atoms with E-state index in [0.717, 1.165) is 23.5 Å². The maximum atomic E-state index is 5.48. The third-order valence-electron chi connectivity index (χ3n) is 2.43. The lowest BCUT2D eigenvalue weighted by Gasteiger charge is -2.15. The Bertz CT molecular complexity index is 338. The molecule has 3 nitrogen and oxygen atoms in total. The predicted octanol–water partition coefficient (Wildman–Crippen LogP) is 2.39. The molecule has 1 rings (SSSR count). The first-order valence-corrected chi connectivity index (χ1v) is 6.37. The summed E-state index contributed by atoms with van der Waals surface area (Å²) in [7, 11) is 0. The summed E-state index contributed by atoms with van der Waals surface area (Å²) < 4.78 is 0. The maximum Gasteiger partial charge on any atom is 0.0944 e. The molecule has 0 saturated heterocycles. The Labute approximate surface area is 102 Å². The molecular weight excluding hydrogens is 218 g/mol. The highest BCUT2D eigenvalue weighted by Crippen LogP contribution is 2.24. The van der Waals surface area contributed by atoms with E-state index in [-0.39, 0.29) is 11.5 Å². The lowest BCUT2D eigenvalue weighted by atomic mass is 9.93. The van der Waals surface area contributed by atoms with Gasteiger partial charge in [0.2, 0.25) is 0 Å². The molecule has 1 heterocycles. The largest absolute Gasteiger partial charge is 0.271 e. The molecule has 90 valence electrons. The van der Waals surface area contributed by atoms with Crippen LogP contribution < -0.4 is 11.3 Å². The monoisotopic (exact) mass is 239 g/mol. The van der Waals surface area contributed by atoms with Gasteiger partial charge in [0.05, 0.1) is 10.7 Å². The SMILES string of the molecule is C=CCC(Cc1nc(C(C)(C)C)cs1)NN. The van der Waals surface area contributed by atoms with Gasteiger partial charge >= 0.3 is 0 Å². The lowest BCUT2D eigenvalue weighted by Crippen LogP contribution is -2.36. The number of rotatable bonds is 5. The van der Waals surface area contributed by atoms with Crippen LogP contribution in [0.2, 0.25) is 0 Å². The second-order valence-corrected chi connectivity index (χ2v) is 5.91. The molecule has 0 aromatic carbocycles. The lowest BCUT2D eigenvalue weighted by molar-refractivity contribution is 0.524. The van der Waals surface area contributed by atoms with Crippen LogP contribution in [0.4, 0.5) is 0 Å². The summed E-state index contributed by atoms with van der Waals surface area (Å²) in [5, 5.41) is 3.27. The van der Waals surface area contributed by atoms with Crippen LogP contribution in [0, 0.1) is 0 Å². The van der Waals surface area contributed by atoms with Gasteiger partial charge in [-0.2, -0.15) is 0 Å². The first-order valence-electron chi connectivity index (χ1n) is 5.49. The average molecular weight is 239 g/mol. The van der Waals surface area contributed by atoms with Gasteiger partial charge in [0, 0.05) is 23.3 Å². The fourth-order valence-electron chi connectivity index (χ4n) is 1.37. The molecule has 1 aromatic heterocycles. The van der Waals surface area contributed by atoms with Crippen LogP contribution in [0.5, 0.6) is 0 Å². The highest BCUT2D eigenvalue weighted by atomic mass is 32.1. The fraction of sp³-hybridized carbons (Fsp3) is 0.583. The van der Waals surface area contributed by atoms with Gasteiger partial charge in [0.15, 0.2) is 0 Å². The smallest absolute Gasteiger partial charge is 0.0944 e. The summed E-state index contributed by atoms with van der Waals surface area (Å²) in [6, 6.07) is 0.233. The molecule has 3 N–H and O–H groups in total. The molecule has 0 aliphatic heterocycles. The number of thiazole rings is 1. The zero-order valence-electron chi connectivity index (χ0n) is 10.3. The van der Waals surface area contributed by atoms with E-state index >= 15 is 0 Å². The highest BCUT2D eigenvalue weighted by Gasteiger charge is 2.18. The van der Waals surface area contributed by atoms with Gasteiger partial charge < -0.3 is 0 Å². The minimum atomic E-state index is 0.124. The van der Waals surface area contributed by atoms with Crippen molar-refractivity contribution in [3.05, 3.63) is 28.7 Å². The molecule has 0 spiro atoms. The summed E-state index contributed by atoms with van der Waals surface area (Å²) in [5.41, 5.74) is 4.07. The van der Waals surface area contributed by atoms with E-state index in [1.165, 1.54) is 0 Å². The Kier molecular flexibility index (Phi) is 4.65. The molecule has 0 aliphatic rings. The number of nitrogens with zero attached hydrogens (tertiary/aromatic N) is 1. The normalized spacial score (nSPS) is 13.8. The van der Waals surface area contributed by atoms with Crippen LogP contribution in [0.1, 0.15) is 37.9 Å². The molecule has 0 bridgehead atoms. The molecule has 0 saturated carbocycles. The van der Waals surface area contributed by atoms with Crippen molar-refractivity contribution >= 4 is 11.3 Å². The summed E-state index contributed by atoms with van der Waals surface area (Å²) >= 11 is 1.71. The molecule has 1 aromatic rings. The van der Waals surface area contributed by atoms with Gasteiger partial charge in [-0.25, -0.2) is 4.98 Å². The van der Waals surface area contributed by atoms with Crippen LogP contribution in [-0.2, 0) is 11.8 Å². The molecule has 0 amide bonds. The fourth-order valence-corrected chi connectivity index (χ4v) is 2.47. The number of nitrogens with one attached hydrogen (secondary N) is 1. The Morgan fingerprint density at radius 1 is 1.62 bits per heavy atom. The highest BCUT2D eigenvalue weighted by molar-refractivity contribution is 7.09. The van der Waals surface area contributed by atoms with Crippen molar-refractivity contribution in [2.75, 3.05) is 0 Å². The molecular formula is C12H21N3S. The van der Waals surface area contributed by atoms with Crippen molar-refractivity contribution in [2.45, 2.75) is 45.1 Å². The second-order valence-electron chi connectivity index (χ2n) is 4.97. The van der Waals surface area contributed by atoms with Gasteiger partial charge in [0.25, 0.3) is 0 Å². The van der Waals surface area contributed by atoms with Crippen molar-refractivity contribution in [1.82, 2.24) is 10.4 Å². The van der Waals surface area contributed by atoms with Gasteiger partial charge in [0.1, 0.15) is 0 Å². The van der Waals surface area contributed by atoms with Crippen LogP contribution in [0.15, 0.2) is 18.0 Å².